The van der Waals surface area contributed by atoms with Crippen LogP contribution in [0.25, 0.3) is 0 Å². The lowest BCUT2D eigenvalue weighted by atomic mass is 9.81. The Kier molecular flexibility index (Phi) is 5.83. The van der Waals surface area contributed by atoms with Crippen molar-refractivity contribution in [3.63, 3.8) is 0 Å². The van der Waals surface area contributed by atoms with E-state index in [-0.39, 0.29) is 11.3 Å². The molecule has 0 aliphatic carbocycles. The second-order valence-electron chi connectivity index (χ2n) is 6.70. The summed E-state index contributed by atoms with van der Waals surface area (Å²) in [7, 11) is 0. The predicted octanol–water partition coefficient (Wildman–Crippen LogP) is 2.58. The van der Waals surface area contributed by atoms with Crippen LogP contribution in [0.3, 0.4) is 0 Å². The van der Waals surface area contributed by atoms with Gasteiger partial charge in [0.2, 0.25) is 5.91 Å². The van der Waals surface area contributed by atoms with Gasteiger partial charge >= 0.3 is 0 Å². The SMILES string of the molecule is Cc1ccc(OCCC(=O)NCC2(C)CCNCC2)c(C)c1. The molecule has 1 saturated heterocycles. The molecule has 22 heavy (non-hydrogen) atoms. The Bertz CT molecular complexity index is 508. The molecule has 0 spiro atoms. The molecule has 1 aliphatic heterocycles. The number of ether oxygens (including phenoxy) is 1. The van der Waals surface area contributed by atoms with Gasteiger partial charge in [0.25, 0.3) is 0 Å². The summed E-state index contributed by atoms with van der Waals surface area (Å²) >= 11 is 0. The number of amides is 1. The molecule has 0 saturated carbocycles. The topological polar surface area (TPSA) is 50.4 Å². The molecule has 1 fully saturated rings. The summed E-state index contributed by atoms with van der Waals surface area (Å²) in [6, 6.07) is 6.09. The van der Waals surface area contributed by atoms with Crippen molar-refractivity contribution >= 4 is 5.91 Å². The van der Waals surface area contributed by atoms with Gasteiger partial charge in [0, 0.05) is 6.54 Å². The number of benzene rings is 1. The summed E-state index contributed by atoms with van der Waals surface area (Å²) in [6.07, 6.45) is 2.64. The molecule has 1 aliphatic rings. The summed E-state index contributed by atoms with van der Waals surface area (Å²) in [4.78, 5) is 12.0. The highest BCUT2D eigenvalue weighted by molar-refractivity contribution is 5.76. The number of aryl methyl sites for hydroxylation is 2. The van der Waals surface area contributed by atoms with Crippen LogP contribution in [0.2, 0.25) is 0 Å². The van der Waals surface area contributed by atoms with Crippen molar-refractivity contribution < 1.29 is 9.53 Å². The van der Waals surface area contributed by atoms with Gasteiger partial charge in [0.15, 0.2) is 0 Å². The molecule has 2 N–H and O–H groups in total. The van der Waals surface area contributed by atoms with Gasteiger partial charge in [-0.05, 0) is 56.8 Å². The first kappa shape index (κ1) is 16.8. The second-order valence-corrected chi connectivity index (χ2v) is 6.70. The molecule has 0 unspecified atom stereocenters. The molecule has 1 aromatic carbocycles. The third kappa shape index (κ3) is 5.02. The first-order valence-electron chi connectivity index (χ1n) is 8.16. The van der Waals surface area contributed by atoms with Crippen molar-refractivity contribution in [1.29, 1.82) is 0 Å². The first-order valence-corrected chi connectivity index (χ1v) is 8.16. The minimum atomic E-state index is 0.0736. The molecule has 0 aromatic heterocycles. The van der Waals surface area contributed by atoms with Crippen molar-refractivity contribution in [3.8, 4) is 5.75 Å². The summed E-state index contributed by atoms with van der Waals surface area (Å²) in [5, 5.41) is 6.41. The van der Waals surface area contributed by atoms with E-state index < -0.39 is 0 Å². The standard InChI is InChI=1S/C18H28N2O2/c1-14-4-5-16(15(2)12-14)22-11-6-17(21)20-13-18(3)7-9-19-10-8-18/h4-5,12,19H,6-11,13H2,1-3H3,(H,20,21). The van der Waals surface area contributed by atoms with Crippen LogP contribution in [-0.2, 0) is 4.79 Å². The first-order chi connectivity index (χ1) is 10.5. The van der Waals surface area contributed by atoms with E-state index in [1.807, 2.05) is 19.1 Å². The van der Waals surface area contributed by atoms with Crippen molar-refractivity contribution in [2.24, 2.45) is 5.41 Å². The maximum Gasteiger partial charge on any atom is 0.223 e. The van der Waals surface area contributed by atoms with Crippen LogP contribution < -0.4 is 15.4 Å². The zero-order valence-corrected chi connectivity index (χ0v) is 14.0. The molecule has 1 amide bonds. The molecule has 122 valence electrons. The highest BCUT2D eigenvalue weighted by Gasteiger charge is 2.26. The number of piperidine rings is 1. The van der Waals surface area contributed by atoms with Crippen LogP contribution in [0.15, 0.2) is 18.2 Å². The summed E-state index contributed by atoms with van der Waals surface area (Å²) in [6.45, 7) is 9.61. The normalized spacial score (nSPS) is 17.0. The number of carbonyl (C=O) groups is 1. The lowest BCUT2D eigenvalue weighted by Crippen LogP contribution is -2.43. The van der Waals surface area contributed by atoms with E-state index in [0.29, 0.717) is 13.0 Å². The Morgan fingerprint density at radius 2 is 2.05 bits per heavy atom. The van der Waals surface area contributed by atoms with E-state index in [4.69, 9.17) is 4.74 Å². The highest BCUT2D eigenvalue weighted by atomic mass is 16.5. The fourth-order valence-electron chi connectivity index (χ4n) is 2.82. The lowest BCUT2D eigenvalue weighted by Gasteiger charge is -2.34. The molecular weight excluding hydrogens is 276 g/mol. The monoisotopic (exact) mass is 304 g/mol. The molecular formula is C18H28N2O2. The van der Waals surface area contributed by atoms with Gasteiger partial charge in [-0.2, -0.15) is 0 Å². The van der Waals surface area contributed by atoms with Gasteiger partial charge in [-0.1, -0.05) is 24.6 Å². The maximum atomic E-state index is 12.0. The third-order valence-electron chi connectivity index (χ3n) is 4.44. The predicted molar refractivity (Wildman–Crippen MR) is 89.2 cm³/mol. The molecule has 4 nitrogen and oxygen atoms in total. The van der Waals surface area contributed by atoms with Crippen molar-refractivity contribution in [2.45, 2.75) is 40.0 Å². The fraction of sp³-hybridized carbons (Fsp3) is 0.611. The lowest BCUT2D eigenvalue weighted by molar-refractivity contribution is -0.122. The summed E-state index contributed by atoms with van der Waals surface area (Å²) < 4.78 is 5.71. The van der Waals surface area contributed by atoms with Crippen LogP contribution >= 0.6 is 0 Å². The van der Waals surface area contributed by atoms with Crippen LogP contribution in [0, 0.1) is 19.3 Å². The van der Waals surface area contributed by atoms with Gasteiger partial charge in [-0.3, -0.25) is 4.79 Å². The van der Waals surface area contributed by atoms with E-state index in [1.165, 1.54) is 5.56 Å². The Labute approximate surface area is 133 Å². The quantitative estimate of drug-likeness (QED) is 0.849. The van der Waals surface area contributed by atoms with Crippen molar-refractivity contribution in [3.05, 3.63) is 29.3 Å². The fourth-order valence-corrected chi connectivity index (χ4v) is 2.82. The zero-order chi connectivity index (χ0) is 16.0. The van der Waals surface area contributed by atoms with Gasteiger partial charge in [-0.15, -0.1) is 0 Å². The zero-order valence-electron chi connectivity index (χ0n) is 14.0. The van der Waals surface area contributed by atoms with Crippen LogP contribution in [0.1, 0.15) is 37.3 Å². The molecule has 1 heterocycles. The molecule has 1 aromatic rings. The van der Waals surface area contributed by atoms with Crippen LogP contribution in [0.5, 0.6) is 5.75 Å². The molecule has 4 heteroatoms. The summed E-state index contributed by atoms with van der Waals surface area (Å²) in [5.41, 5.74) is 2.57. The Balaban J connectivity index is 1.69. The molecule has 0 radical (unpaired) electrons. The Morgan fingerprint density at radius 1 is 1.32 bits per heavy atom. The number of nitrogens with one attached hydrogen (secondary N) is 2. The van der Waals surface area contributed by atoms with E-state index in [0.717, 1.165) is 43.8 Å². The van der Waals surface area contributed by atoms with Gasteiger partial charge in [0.05, 0.1) is 13.0 Å². The van der Waals surface area contributed by atoms with Crippen molar-refractivity contribution in [2.75, 3.05) is 26.2 Å². The molecule has 0 atom stereocenters. The third-order valence-corrected chi connectivity index (χ3v) is 4.44. The molecule has 0 bridgehead atoms. The van der Waals surface area contributed by atoms with E-state index in [1.54, 1.807) is 0 Å². The van der Waals surface area contributed by atoms with Gasteiger partial charge in [0.1, 0.15) is 5.75 Å². The van der Waals surface area contributed by atoms with Crippen LogP contribution in [-0.4, -0.2) is 32.1 Å². The van der Waals surface area contributed by atoms with Gasteiger partial charge < -0.3 is 15.4 Å². The van der Waals surface area contributed by atoms with E-state index in [2.05, 4.69) is 30.5 Å². The average Bonchev–Trinajstić information content (AvgIpc) is 2.48. The number of hydrogen-bond acceptors (Lipinski definition) is 3. The minimum absolute atomic E-state index is 0.0736. The number of carbonyl (C=O) groups excluding carboxylic acids is 1. The Morgan fingerprint density at radius 3 is 2.73 bits per heavy atom. The Hall–Kier alpha value is -1.55. The minimum Gasteiger partial charge on any atom is -0.493 e. The average molecular weight is 304 g/mol. The smallest absolute Gasteiger partial charge is 0.223 e. The number of hydrogen-bond donors (Lipinski definition) is 2. The van der Waals surface area contributed by atoms with Gasteiger partial charge in [-0.25, -0.2) is 0 Å². The van der Waals surface area contributed by atoms with Crippen LogP contribution in [0.4, 0.5) is 0 Å². The number of rotatable bonds is 6. The summed E-state index contributed by atoms with van der Waals surface area (Å²) in [5.74, 6) is 0.938. The second kappa shape index (κ2) is 7.63. The van der Waals surface area contributed by atoms with Crippen molar-refractivity contribution in [1.82, 2.24) is 10.6 Å². The largest absolute Gasteiger partial charge is 0.493 e. The maximum absolute atomic E-state index is 12.0. The highest BCUT2D eigenvalue weighted by Crippen LogP contribution is 2.26. The molecule has 2 rings (SSSR count). The van der Waals surface area contributed by atoms with E-state index >= 15 is 0 Å². The van der Waals surface area contributed by atoms with E-state index in [9.17, 15) is 4.79 Å².